The van der Waals surface area contributed by atoms with Gasteiger partial charge in [0.25, 0.3) is 0 Å². The highest BCUT2D eigenvalue weighted by Crippen LogP contribution is 2.25. The highest BCUT2D eigenvalue weighted by molar-refractivity contribution is 5.29. The highest BCUT2D eigenvalue weighted by atomic mass is 16.5. The molecule has 2 aromatic carbocycles. The van der Waals surface area contributed by atoms with Crippen molar-refractivity contribution in [3.05, 3.63) is 78.3 Å². The van der Waals surface area contributed by atoms with E-state index in [2.05, 4.69) is 77.4 Å². The van der Waals surface area contributed by atoms with E-state index < -0.39 is 0 Å². The van der Waals surface area contributed by atoms with Gasteiger partial charge in [-0.3, -0.25) is 0 Å². The zero-order valence-corrected chi connectivity index (χ0v) is 14.2. The number of piperazine rings is 1. The number of ether oxygens (including phenoxy) is 1. The number of unbranched alkanes of at least 4 members (excludes halogenated alkanes) is 1. The second kappa shape index (κ2) is 9.58. The summed E-state index contributed by atoms with van der Waals surface area (Å²) in [5, 5.41) is 3.28. The molecule has 0 saturated carbocycles. The summed E-state index contributed by atoms with van der Waals surface area (Å²) >= 11 is 0. The van der Waals surface area contributed by atoms with Crippen LogP contribution in [0.4, 0.5) is 0 Å². The van der Waals surface area contributed by atoms with Crippen molar-refractivity contribution in [2.45, 2.75) is 18.9 Å². The molecule has 1 aliphatic rings. The largest absolute Gasteiger partial charge is 0.369 e. The predicted molar refractivity (Wildman–Crippen MR) is 98.7 cm³/mol. The van der Waals surface area contributed by atoms with Gasteiger partial charge in [0.05, 0.1) is 0 Å². The average molecular weight is 323 g/mol. The van der Waals surface area contributed by atoms with Crippen molar-refractivity contribution in [3.8, 4) is 0 Å². The van der Waals surface area contributed by atoms with Crippen LogP contribution in [0.15, 0.2) is 60.7 Å². The van der Waals surface area contributed by atoms with Gasteiger partial charge in [-0.15, -0.1) is 0 Å². The lowest BCUT2D eigenvalue weighted by molar-refractivity contribution is 0.0752. The van der Waals surface area contributed by atoms with Gasteiger partial charge in [0.1, 0.15) is 6.10 Å². The zero-order valence-electron chi connectivity index (χ0n) is 14.2. The van der Waals surface area contributed by atoms with Crippen LogP contribution in [0.1, 0.15) is 30.1 Å². The van der Waals surface area contributed by atoms with E-state index in [0.717, 1.165) is 39.2 Å². The summed E-state index contributed by atoms with van der Waals surface area (Å²) in [6, 6.07) is 21.0. The van der Waals surface area contributed by atoms with E-state index in [9.17, 15) is 0 Å². The van der Waals surface area contributed by atoms with Crippen LogP contribution >= 0.6 is 0 Å². The normalized spacial score (nSPS) is 15.7. The van der Waals surface area contributed by atoms with Gasteiger partial charge >= 0.3 is 0 Å². The lowest BCUT2D eigenvalue weighted by Gasteiger charge is -2.26. The summed E-state index contributed by atoms with van der Waals surface area (Å²) < 4.78 is 6.26. The third kappa shape index (κ3) is 5.17. The molecule has 0 unspecified atom stereocenters. The monoisotopic (exact) mass is 323 g/mol. The minimum absolute atomic E-state index is 0.0277. The number of benzene rings is 2. The molecule has 0 atom stereocenters. The molecule has 0 amide bonds. The van der Waals surface area contributed by atoms with E-state index in [1.54, 1.807) is 0 Å². The van der Waals surface area contributed by atoms with E-state index in [-0.39, 0.29) is 6.10 Å². The molecule has 3 nitrogen and oxygen atoms in total. The van der Waals surface area contributed by atoms with Gasteiger partial charge in [0.15, 0.2) is 0 Å². The third-order valence-corrected chi connectivity index (χ3v) is 4.42. The lowest BCUT2D eigenvalue weighted by Crippen LogP contribution is -2.40. The zero-order chi connectivity index (χ0) is 16.5. The topological polar surface area (TPSA) is 24.5 Å². The summed E-state index contributed by atoms with van der Waals surface area (Å²) in [6.45, 7) is 7.38. The fraction of sp³-hybridized carbons (Fsp3) is 0.381. The number of hydrogen-bond donors (Lipinski definition) is 1. The van der Waals surface area contributed by atoms with Crippen LogP contribution in [0.3, 0.4) is 0 Å². The summed E-state index contributed by atoms with van der Waals surface area (Å²) in [5.74, 6) is 0. The second-order valence-electron chi connectivity index (χ2n) is 6.24. The maximum Gasteiger partial charge on any atom is 0.108 e. The van der Waals surface area contributed by atoms with E-state index in [4.69, 9.17) is 4.74 Å². The summed E-state index contributed by atoms with van der Waals surface area (Å²) in [4.78, 5) is 2.49. The fourth-order valence-corrected chi connectivity index (χ4v) is 3.09. The molecule has 0 aliphatic carbocycles. The number of nitrogens with zero attached hydrogens (tertiary/aromatic N) is 1. The Morgan fingerprint density at radius 3 is 2.17 bits per heavy atom. The lowest BCUT2D eigenvalue weighted by atomic mass is 10.0. The van der Waals surface area contributed by atoms with Gasteiger partial charge in [0.2, 0.25) is 0 Å². The molecule has 0 aromatic heterocycles. The SMILES string of the molecule is [CH]1CN(CCCCOC(c2ccccc2)c2ccccc2)CCN1. The Morgan fingerprint density at radius 1 is 0.917 bits per heavy atom. The van der Waals surface area contributed by atoms with Crippen LogP contribution in [0, 0.1) is 6.54 Å². The maximum atomic E-state index is 6.26. The molecule has 1 aliphatic heterocycles. The molecule has 0 spiro atoms. The van der Waals surface area contributed by atoms with Crippen LogP contribution in [-0.4, -0.2) is 37.7 Å². The van der Waals surface area contributed by atoms with Crippen molar-refractivity contribution in [1.29, 1.82) is 0 Å². The maximum absolute atomic E-state index is 6.26. The van der Waals surface area contributed by atoms with Crippen LogP contribution in [0.25, 0.3) is 0 Å². The first-order valence-electron chi connectivity index (χ1n) is 8.92. The van der Waals surface area contributed by atoms with Crippen LogP contribution in [0.5, 0.6) is 0 Å². The Hall–Kier alpha value is -1.68. The number of hydrogen-bond acceptors (Lipinski definition) is 3. The molecule has 1 fully saturated rings. The van der Waals surface area contributed by atoms with Crippen LogP contribution < -0.4 is 5.32 Å². The van der Waals surface area contributed by atoms with Gasteiger partial charge in [-0.25, -0.2) is 0 Å². The Labute approximate surface area is 145 Å². The molecular weight excluding hydrogens is 296 g/mol. The Morgan fingerprint density at radius 2 is 1.58 bits per heavy atom. The molecule has 1 N–H and O–H groups in total. The minimum atomic E-state index is 0.0277. The molecule has 3 heteroatoms. The molecule has 2 aromatic rings. The highest BCUT2D eigenvalue weighted by Gasteiger charge is 2.14. The molecule has 1 saturated heterocycles. The van der Waals surface area contributed by atoms with Gasteiger partial charge in [-0.05, 0) is 30.5 Å². The van der Waals surface area contributed by atoms with Gasteiger partial charge < -0.3 is 15.0 Å². The first-order chi connectivity index (χ1) is 11.9. The molecule has 1 heterocycles. The van der Waals surface area contributed by atoms with Crippen molar-refractivity contribution in [3.63, 3.8) is 0 Å². The second-order valence-corrected chi connectivity index (χ2v) is 6.24. The Bertz CT molecular complexity index is 527. The van der Waals surface area contributed by atoms with Gasteiger partial charge in [-0.2, -0.15) is 0 Å². The van der Waals surface area contributed by atoms with Gasteiger partial charge in [-0.1, -0.05) is 60.7 Å². The molecule has 3 rings (SSSR count). The summed E-state index contributed by atoms with van der Waals surface area (Å²) in [6.07, 6.45) is 2.31. The predicted octanol–water partition coefficient (Wildman–Crippen LogP) is 3.64. The van der Waals surface area contributed by atoms with Crippen molar-refractivity contribution < 1.29 is 4.74 Å². The molecule has 1 radical (unpaired) electrons. The molecule has 127 valence electrons. The van der Waals surface area contributed by atoms with Gasteiger partial charge in [0, 0.05) is 32.8 Å². The van der Waals surface area contributed by atoms with Crippen LogP contribution in [0.2, 0.25) is 0 Å². The summed E-state index contributed by atoms with van der Waals surface area (Å²) in [5.41, 5.74) is 2.45. The number of rotatable bonds is 8. The fourth-order valence-electron chi connectivity index (χ4n) is 3.09. The first-order valence-corrected chi connectivity index (χ1v) is 8.92. The average Bonchev–Trinajstić information content (AvgIpc) is 2.67. The summed E-state index contributed by atoms with van der Waals surface area (Å²) in [7, 11) is 0. The van der Waals surface area contributed by atoms with E-state index in [1.165, 1.54) is 17.5 Å². The Kier molecular flexibility index (Phi) is 6.84. The standard InChI is InChI=1S/C21H27N2O/c1-3-9-19(10-4-1)21(20-11-5-2-6-12-20)24-18-8-7-15-23-16-13-22-14-17-23/h1-6,9-13,21-22H,7-8,14-18H2. The van der Waals surface area contributed by atoms with Crippen molar-refractivity contribution in [2.75, 3.05) is 32.8 Å². The van der Waals surface area contributed by atoms with E-state index >= 15 is 0 Å². The van der Waals surface area contributed by atoms with Crippen molar-refractivity contribution in [2.24, 2.45) is 0 Å². The third-order valence-electron chi connectivity index (χ3n) is 4.42. The van der Waals surface area contributed by atoms with Crippen molar-refractivity contribution >= 4 is 0 Å². The minimum Gasteiger partial charge on any atom is -0.369 e. The first kappa shape index (κ1) is 17.2. The van der Waals surface area contributed by atoms with E-state index in [1.807, 2.05) is 0 Å². The molecule has 0 bridgehead atoms. The Balaban J connectivity index is 1.49. The quantitative estimate of drug-likeness (QED) is 0.751. The molecule has 24 heavy (non-hydrogen) atoms. The van der Waals surface area contributed by atoms with Crippen LogP contribution in [-0.2, 0) is 4.74 Å². The van der Waals surface area contributed by atoms with E-state index in [0.29, 0.717) is 0 Å². The number of nitrogens with one attached hydrogen (secondary N) is 1. The van der Waals surface area contributed by atoms with Crippen molar-refractivity contribution in [1.82, 2.24) is 10.2 Å². The smallest absolute Gasteiger partial charge is 0.108 e. The molecular formula is C21H27N2O.